The van der Waals surface area contributed by atoms with Gasteiger partial charge in [-0.05, 0) is 0 Å². The normalized spacial score (nSPS) is 11.8. The van der Waals surface area contributed by atoms with Gasteiger partial charge in [-0.3, -0.25) is 0 Å². The van der Waals surface area contributed by atoms with E-state index in [2.05, 4.69) is 74.5 Å². The van der Waals surface area contributed by atoms with Crippen molar-refractivity contribution in [3.05, 3.63) is 71.8 Å². The van der Waals surface area contributed by atoms with Crippen molar-refractivity contribution in [2.75, 3.05) is 0 Å². The molecule has 0 amide bonds. The second-order valence-corrected chi connectivity index (χ2v) is 7.24. The van der Waals surface area contributed by atoms with Gasteiger partial charge in [-0.25, -0.2) is 0 Å². The number of benzene rings is 2. The molecule has 0 saturated heterocycles. The Bertz CT molecular complexity index is 520. The van der Waals surface area contributed by atoms with Crippen LogP contribution >= 0.6 is 0 Å². The van der Waals surface area contributed by atoms with Crippen LogP contribution in [0.5, 0.6) is 0 Å². The van der Waals surface area contributed by atoms with Crippen molar-refractivity contribution in [1.82, 2.24) is 0 Å². The van der Waals surface area contributed by atoms with Crippen molar-refractivity contribution in [3.8, 4) is 0 Å². The standard InChI is InChI=1S/C22H29O.Sn.H/c1-3-5-13-19(14-6-4-2)22(23,20-15-9-7-10-16-20)21-17-11-8-12-18-21;;/h7-12,15-19H,3-6,13-14H2,1-2H3;;/q-1;+1;. The van der Waals surface area contributed by atoms with E-state index in [-0.39, 0.29) is 5.60 Å². The number of unbranched alkanes of at least 4 members (excludes halogenated alkanes) is 2. The molecule has 1 nitrogen and oxygen atoms in total. The SMILES string of the molecule is CCCCC(CCCC)C([O][SnH])(c1ccccc1)c1ccccc1. The molecule has 2 aromatic rings. The van der Waals surface area contributed by atoms with Gasteiger partial charge in [-0.1, -0.05) is 0 Å². The van der Waals surface area contributed by atoms with Gasteiger partial charge in [0, 0.05) is 0 Å². The molecule has 0 spiro atoms. The third-order valence-corrected chi connectivity index (χ3v) is 6.04. The van der Waals surface area contributed by atoms with Gasteiger partial charge in [-0.15, -0.1) is 0 Å². The maximum absolute atomic E-state index is 6.50. The molecule has 0 fully saturated rings. The predicted octanol–water partition coefficient (Wildman–Crippen LogP) is 5.76. The van der Waals surface area contributed by atoms with E-state index in [1.807, 2.05) is 0 Å². The number of hydrogen-bond donors (Lipinski definition) is 0. The molecule has 2 heteroatoms. The molecule has 0 aromatic heterocycles. The molecule has 2 rings (SSSR count). The summed E-state index contributed by atoms with van der Waals surface area (Å²) in [6.45, 7) is 4.56. The van der Waals surface area contributed by atoms with Crippen LogP contribution in [-0.2, 0) is 8.68 Å². The van der Waals surface area contributed by atoms with Crippen LogP contribution in [-0.4, -0.2) is 22.9 Å². The van der Waals surface area contributed by atoms with Gasteiger partial charge >= 0.3 is 162 Å². The second-order valence-electron chi connectivity index (χ2n) is 6.57. The fraction of sp³-hybridized carbons (Fsp3) is 0.455. The molecule has 0 aliphatic heterocycles. The molecular weight excluding hydrogens is 399 g/mol. The molecule has 0 aliphatic rings. The minimum atomic E-state index is -0.297. The van der Waals surface area contributed by atoms with Gasteiger partial charge in [0.15, 0.2) is 0 Å². The van der Waals surface area contributed by atoms with Crippen molar-refractivity contribution in [2.45, 2.75) is 58.0 Å². The summed E-state index contributed by atoms with van der Waals surface area (Å²) in [7, 11) is 0. The predicted molar refractivity (Wildman–Crippen MR) is 104 cm³/mol. The molecule has 128 valence electrons. The summed E-state index contributed by atoms with van der Waals surface area (Å²) < 4.78 is 6.50. The van der Waals surface area contributed by atoms with E-state index >= 15 is 0 Å². The monoisotopic (exact) mass is 430 g/mol. The summed E-state index contributed by atoms with van der Waals surface area (Å²) in [5.41, 5.74) is 2.32. The van der Waals surface area contributed by atoms with Crippen LogP contribution in [0.2, 0.25) is 0 Å². The molecule has 0 unspecified atom stereocenters. The first kappa shape index (κ1) is 19.5. The van der Waals surface area contributed by atoms with E-state index in [4.69, 9.17) is 3.07 Å². The van der Waals surface area contributed by atoms with Gasteiger partial charge in [0.05, 0.1) is 0 Å². The van der Waals surface area contributed by atoms with E-state index in [1.165, 1.54) is 49.7 Å². The van der Waals surface area contributed by atoms with E-state index < -0.39 is 0 Å². The Morgan fingerprint density at radius 1 is 0.792 bits per heavy atom. The molecule has 0 bridgehead atoms. The van der Waals surface area contributed by atoms with Gasteiger partial charge in [0.1, 0.15) is 0 Å². The Balaban J connectivity index is 2.54. The quantitative estimate of drug-likeness (QED) is 0.437. The molecule has 0 N–H and O–H groups in total. The Hall–Kier alpha value is -0.801. The summed E-state index contributed by atoms with van der Waals surface area (Å²) in [4.78, 5) is 0. The van der Waals surface area contributed by atoms with Crippen LogP contribution < -0.4 is 0 Å². The molecule has 24 heavy (non-hydrogen) atoms. The Labute approximate surface area is 161 Å². The summed E-state index contributed by atoms with van der Waals surface area (Å²) in [6.07, 6.45) is 7.45. The summed E-state index contributed by atoms with van der Waals surface area (Å²) in [6, 6.07) is 21.7. The van der Waals surface area contributed by atoms with E-state index in [0.717, 1.165) is 22.9 Å². The van der Waals surface area contributed by atoms with Crippen LogP contribution in [0.1, 0.15) is 63.5 Å². The van der Waals surface area contributed by atoms with Crippen LogP contribution in [0.4, 0.5) is 0 Å². The third-order valence-electron chi connectivity index (χ3n) is 4.98. The Kier molecular flexibility index (Phi) is 8.34. The van der Waals surface area contributed by atoms with E-state index in [9.17, 15) is 0 Å². The first-order valence-electron chi connectivity index (χ1n) is 9.28. The first-order valence-corrected chi connectivity index (χ1v) is 10.6. The first-order chi connectivity index (χ1) is 11.8. The minimum absolute atomic E-state index is 0.297. The number of rotatable bonds is 10. The van der Waals surface area contributed by atoms with E-state index in [1.54, 1.807) is 0 Å². The number of hydrogen-bond acceptors (Lipinski definition) is 1. The molecule has 2 radical (unpaired) electrons. The zero-order valence-corrected chi connectivity index (χ0v) is 18.4. The van der Waals surface area contributed by atoms with Gasteiger partial charge < -0.3 is 0 Å². The van der Waals surface area contributed by atoms with Crippen LogP contribution in [0.15, 0.2) is 60.7 Å². The van der Waals surface area contributed by atoms with Crippen LogP contribution in [0, 0.1) is 5.92 Å². The van der Waals surface area contributed by atoms with Gasteiger partial charge in [-0.2, -0.15) is 0 Å². The Morgan fingerprint density at radius 3 is 1.54 bits per heavy atom. The zero-order valence-electron chi connectivity index (χ0n) is 15.1. The third kappa shape index (κ3) is 4.43. The topological polar surface area (TPSA) is 9.23 Å². The second kappa shape index (κ2) is 10.2. The molecular formula is C22H30OSn. The van der Waals surface area contributed by atoms with Gasteiger partial charge in [0.25, 0.3) is 0 Å². The van der Waals surface area contributed by atoms with Crippen molar-refractivity contribution in [2.24, 2.45) is 5.92 Å². The van der Waals surface area contributed by atoms with Crippen molar-refractivity contribution < 1.29 is 3.07 Å². The van der Waals surface area contributed by atoms with Gasteiger partial charge in [0.2, 0.25) is 0 Å². The van der Waals surface area contributed by atoms with Crippen molar-refractivity contribution >= 4 is 22.9 Å². The maximum atomic E-state index is 6.50. The molecule has 0 atom stereocenters. The fourth-order valence-corrected chi connectivity index (χ4v) is 5.02. The van der Waals surface area contributed by atoms with Crippen molar-refractivity contribution in [1.29, 1.82) is 0 Å². The Morgan fingerprint density at radius 2 is 1.21 bits per heavy atom. The fourth-order valence-electron chi connectivity index (χ4n) is 3.69. The average molecular weight is 429 g/mol. The molecule has 0 aliphatic carbocycles. The average Bonchev–Trinajstić information content (AvgIpc) is 2.66. The molecule has 0 saturated carbocycles. The summed E-state index contributed by atoms with van der Waals surface area (Å²) in [5, 5.41) is 0. The van der Waals surface area contributed by atoms with Crippen LogP contribution in [0.3, 0.4) is 0 Å². The van der Waals surface area contributed by atoms with Crippen molar-refractivity contribution in [3.63, 3.8) is 0 Å². The zero-order chi connectivity index (χ0) is 17.3. The molecule has 0 heterocycles. The van der Waals surface area contributed by atoms with Crippen LogP contribution in [0.25, 0.3) is 0 Å². The van der Waals surface area contributed by atoms with E-state index in [0.29, 0.717) is 5.92 Å². The summed E-state index contributed by atoms with van der Waals surface area (Å²) in [5.74, 6) is 0.525. The molecule has 2 aromatic carbocycles. The summed E-state index contributed by atoms with van der Waals surface area (Å²) >= 11 is 0.804.